The van der Waals surface area contributed by atoms with E-state index in [0.29, 0.717) is 37.8 Å². The number of anilines is 3. The molecule has 0 saturated carbocycles. The summed E-state index contributed by atoms with van der Waals surface area (Å²) in [5.41, 5.74) is 5.53. The van der Waals surface area contributed by atoms with Crippen LogP contribution in [-0.2, 0) is 0 Å². The lowest BCUT2D eigenvalue weighted by molar-refractivity contribution is -0.0227. The van der Waals surface area contributed by atoms with Crippen molar-refractivity contribution < 1.29 is 17.6 Å². The van der Waals surface area contributed by atoms with Gasteiger partial charge in [-0.25, -0.2) is 27.5 Å². The van der Waals surface area contributed by atoms with Crippen molar-refractivity contribution in [2.24, 2.45) is 0 Å². The van der Waals surface area contributed by atoms with E-state index in [0.717, 1.165) is 10.4 Å². The molecule has 5 nitrogen and oxygen atoms in total. The van der Waals surface area contributed by atoms with Gasteiger partial charge in [0.15, 0.2) is 0 Å². The Hall–Kier alpha value is -2.10. The highest BCUT2D eigenvalue weighted by molar-refractivity contribution is 9.10. The summed E-state index contributed by atoms with van der Waals surface area (Å²) in [7, 11) is 0. The fourth-order valence-corrected chi connectivity index (χ4v) is 3.65. The van der Waals surface area contributed by atoms with Crippen LogP contribution in [0.2, 0.25) is 0 Å². The van der Waals surface area contributed by atoms with Crippen LogP contribution >= 0.6 is 15.9 Å². The summed E-state index contributed by atoms with van der Waals surface area (Å²) in [4.78, 5) is 12.1. The van der Waals surface area contributed by atoms with Crippen LogP contribution in [0.3, 0.4) is 0 Å². The molecule has 0 radical (unpaired) electrons. The molecule has 4 heterocycles. The number of hydrogen-bond donors (Lipinski definition) is 1. The Labute approximate surface area is 181 Å². The molecule has 2 aromatic rings. The fourth-order valence-electron chi connectivity index (χ4n) is 3.32. The molecule has 0 unspecified atom stereocenters. The van der Waals surface area contributed by atoms with Crippen LogP contribution in [0, 0.1) is 0 Å². The van der Waals surface area contributed by atoms with Crippen molar-refractivity contribution >= 4 is 33.4 Å². The number of nitrogens with zero attached hydrogens (tertiary/aromatic N) is 4. The van der Waals surface area contributed by atoms with Crippen molar-refractivity contribution in [2.75, 3.05) is 41.7 Å². The van der Waals surface area contributed by atoms with Gasteiger partial charge in [-0.2, -0.15) is 0 Å². The number of nitrogens with two attached hydrogens (primary N) is 1. The van der Waals surface area contributed by atoms with Gasteiger partial charge >= 0.3 is 0 Å². The largest absolute Gasteiger partial charge is 0.384 e. The first-order chi connectivity index (χ1) is 14.1. The molecular weight excluding hydrogens is 466 g/mol. The highest BCUT2D eigenvalue weighted by Crippen LogP contribution is 2.31. The fraction of sp³-hybridized carbons (Fsp3) is 0.500. The van der Waals surface area contributed by atoms with Gasteiger partial charge in [0.1, 0.15) is 22.1 Å². The molecule has 4 rings (SSSR count). The summed E-state index contributed by atoms with van der Waals surface area (Å²) in [6, 6.07) is 10.8. The minimum absolute atomic E-state index is 0.0821. The van der Waals surface area contributed by atoms with Crippen molar-refractivity contribution in [3.05, 3.63) is 41.0 Å². The first-order valence-corrected chi connectivity index (χ1v) is 10.5. The third-order valence-corrected chi connectivity index (χ3v) is 5.54. The van der Waals surface area contributed by atoms with Gasteiger partial charge in [-0.15, -0.1) is 0 Å². The summed E-state index contributed by atoms with van der Waals surface area (Å²) < 4.78 is 52.4. The van der Waals surface area contributed by atoms with E-state index in [1.807, 2.05) is 28.0 Å². The number of rotatable bonds is 2. The summed E-state index contributed by atoms with van der Waals surface area (Å²) >= 11 is 3.27. The topological polar surface area (TPSA) is 58.3 Å². The molecule has 0 aromatic carbocycles. The van der Waals surface area contributed by atoms with E-state index in [4.69, 9.17) is 5.73 Å². The molecule has 2 fully saturated rings. The maximum atomic E-state index is 12.9. The van der Waals surface area contributed by atoms with Gasteiger partial charge < -0.3 is 15.5 Å². The Balaban J connectivity index is 0.000000171. The summed E-state index contributed by atoms with van der Waals surface area (Å²) in [5, 5.41) is 0. The van der Waals surface area contributed by atoms with Crippen molar-refractivity contribution in [3.8, 4) is 0 Å². The van der Waals surface area contributed by atoms with Crippen molar-refractivity contribution in [2.45, 2.75) is 37.5 Å². The smallest absolute Gasteiger partial charge is 0.251 e. The molecule has 0 aliphatic carbocycles. The van der Waals surface area contributed by atoms with E-state index < -0.39 is 11.8 Å². The van der Waals surface area contributed by atoms with Gasteiger partial charge in [0.05, 0.1) is 0 Å². The molecule has 0 amide bonds. The number of nitrogen functional groups attached to an aromatic ring is 1. The molecule has 10 heteroatoms. The molecule has 2 aromatic heterocycles. The molecule has 0 bridgehead atoms. The first kappa shape index (κ1) is 22.6. The molecule has 0 spiro atoms. The third kappa shape index (κ3) is 6.45. The lowest BCUT2D eigenvalue weighted by Gasteiger charge is -2.32. The van der Waals surface area contributed by atoms with Crippen molar-refractivity contribution in [1.82, 2.24) is 9.97 Å². The summed E-state index contributed by atoms with van der Waals surface area (Å²) in [6.07, 6.45) is -0.380. The Morgan fingerprint density at radius 3 is 1.60 bits per heavy atom. The number of pyridine rings is 2. The predicted molar refractivity (Wildman–Crippen MR) is 113 cm³/mol. The number of halogens is 5. The zero-order valence-electron chi connectivity index (χ0n) is 16.4. The number of hydrogen-bond acceptors (Lipinski definition) is 5. The molecule has 30 heavy (non-hydrogen) atoms. The average Bonchev–Trinajstić information content (AvgIpc) is 2.68. The highest BCUT2D eigenvalue weighted by atomic mass is 79.9. The zero-order chi connectivity index (χ0) is 21.8. The maximum absolute atomic E-state index is 12.9. The molecule has 2 N–H and O–H groups in total. The monoisotopic (exact) mass is 489 g/mol. The molecule has 2 aliphatic rings. The molecular formula is C20H24BrF4N5. The van der Waals surface area contributed by atoms with Crippen LogP contribution in [0.1, 0.15) is 25.7 Å². The quantitative estimate of drug-likeness (QED) is 0.476. The summed E-state index contributed by atoms with van der Waals surface area (Å²) in [6.45, 7) is 1.42. The number of aromatic nitrogens is 2. The Kier molecular flexibility index (Phi) is 7.05. The molecule has 2 aliphatic heterocycles. The molecule has 2 saturated heterocycles. The predicted octanol–water partition coefficient (Wildman–Crippen LogP) is 4.98. The van der Waals surface area contributed by atoms with Crippen LogP contribution in [-0.4, -0.2) is 48.0 Å². The van der Waals surface area contributed by atoms with Crippen LogP contribution in [0.4, 0.5) is 35.0 Å². The standard InChI is InChI=1S/C10H11BrF2N2.C10H13F2N3/c11-8-2-1-3-9(14-8)15-6-4-10(12,13)5-7-15;11-10(12)4-6-15(7-5-10)9-3-1-2-8(13)14-9/h1-3H,4-7H2;1-3H,4-7H2,(H2,13,14). The van der Waals surface area contributed by atoms with E-state index >= 15 is 0 Å². The van der Waals surface area contributed by atoms with Gasteiger partial charge in [0.25, 0.3) is 11.8 Å². The zero-order valence-corrected chi connectivity index (χ0v) is 18.0. The minimum Gasteiger partial charge on any atom is -0.384 e. The second-order valence-corrected chi connectivity index (χ2v) is 8.24. The second-order valence-electron chi connectivity index (χ2n) is 7.43. The van der Waals surface area contributed by atoms with E-state index in [1.165, 1.54) is 0 Å². The Morgan fingerprint density at radius 1 is 0.733 bits per heavy atom. The van der Waals surface area contributed by atoms with Gasteiger partial charge in [-0.3, -0.25) is 0 Å². The van der Waals surface area contributed by atoms with Gasteiger partial charge in [-0.1, -0.05) is 12.1 Å². The molecule has 164 valence electrons. The second kappa shape index (κ2) is 9.36. The van der Waals surface area contributed by atoms with E-state index in [2.05, 4.69) is 25.9 Å². The Morgan fingerprint density at radius 2 is 1.17 bits per heavy atom. The minimum atomic E-state index is -2.52. The van der Waals surface area contributed by atoms with Crippen LogP contribution in [0.5, 0.6) is 0 Å². The van der Waals surface area contributed by atoms with E-state index in [1.54, 1.807) is 18.2 Å². The summed E-state index contributed by atoms with van der Waals surface area (Å²) in [5.74, 6) is -3.14. The van der Waals surface area contributed by atoms with Crippen LogP contribution in [0.15, 0.2) is 41.0 Å². The maximum Gasteiger partial charge on any atom is 0.251 e. The SMILES string of the molecule is FC1(F)CCN(c2cccc(Br)n2)CC1.Nc1cccc(N2CCC(F)(F)CC2)n1. The number of alkyl halides is 4. The first-order valence-electron chi connectivity index (χ1n) is 9.74. The third-order valence-electron chi connectivity index (χ3n) is 5.09. The Bertz CT molecular complexity index is 762. The normalized spacial score (nSPS) is 20.3. The van der Waals surface area contributed by atoms with E-state index in [-0.39, 0.29) is 25.7 Å². The highest BCUT2D eigenvalue weighted by Gasteiger charge is 2.35. The van der Waals surface area contributed by atoms with Gasteiger partial charge in [0.2, 0.25) is 0 Å². The van der Waals surface area contributed by atoms with Crippen molar-refractivity contribution in [3.63, 3.8) is 0 Å². The average molecular weight is 490 g/mol. The van der Waals surface area contributed by atoms with Crippen molar-refractivity contribution in [1.29, 1.82) is 0 Å². The van der Waals surface area contributed by atoms with E-state index in [9.17, 15) is 17.6 Å². The lowest BCUT2D eigenvalue weighted by atomic mass is 10.1. The van der Waals surface area contributed by atoms with Crippen LogP contribution < -0.4 is 15.5 Å². The van der Waals surface area contributed by atoms with Gasteiger partial charge in [-0.05, 0) is 40.2 Å². The molecule has 0 atom stereocenters. The van der Waals surface area contributed by atoms with Gasteiger partial charge in [0, 0.05) is 51.9 Å². The lowest BCUT2D eigenvalue weighted by Crippen LogP contribution is -2.39. The van der Waals surface area contributed by atoms with Crippen LogP contribution in [0.25, 0.3) is 0 Å². The number of piperidine rings is 2.